The summed E-state index contributed by atoms with van der Waals surface area (Å²) in [6.07, 6.45) is 1.63. The van der Waals surface area contributed by atoms with Crippen molar-refractivity contribution in [3.05, 3.63) is 29.3 Å². The Balaban J connectivity index is 2.29. The van der Waals surface area contributed by atoms with Crippen LogP contribution in [0, 0.1) is 13.8 Å². The van der Waals surface area contributed by atoms with E-state index in [1.54, 1.807) is 31.8 Å². The summed E-state index contributed by atoms with van der Waals surface area (Å²) in [5.41, 5.74) is 1.98. The van der Waals surface area contributed by atoms with Crippen LogP contribution in [0.25, 0.3) is 0 Å². The Morgan fingerprint density at radius 3 is 2.59 bits per heavy atom. The van der Waals surface area contributed by atoms with Crippen LogP contribution in [-0.2, 0) is 16.6 Å². The van der Waals surface area contributed by atoms with E-state index < -0.39 is 12.0 Å². The number of hydrogen-bond acceptors (Lipinski definition) is 5. The SMILES string of the molecule is COC(=O)c1nn(C)c(C)c1NC(=O)C(C)n1nccc1C. The Morgan fingerprint density at radius 2 is 2.05 bits per heavy atom. The molecular weight excluding hydrogens is 286 g/mol. The fourth-order valence-corrected chi connectivity index (χ4v) is 2.12. The number of rotatable bonds is 4. The van der Waals surface area contributed by atoms with E-state index >= 15 is 0 Å². The monoisotopic (exact) mass is 305 g/mol. The zero-order chi connectivity index (χ0) is 16.4. The Bertz CT molecular complexity index is 716. The number of nitrogens with one attached hydrogen (secondary N) is 1. The Labute approximate surface area is 128 Å². The van der Waals surface area contributed by atoms with E-state index in [0.717, 1.165) is 5.69 Å². The van der Waals surface area contributed by atoms with Gasteiger partial charge in [0, 0.05) is 18.9 Å². The summed E-state index contributed by atoms with van der Waals surface area (Å²) in [4.78, 5) is 24.2. The predicted octanol–water partition coefficient (Wildman–Crippen LogP) is 1.22. The van der Waals surface area contributed by atoms with Crippen molar-refractivity contribution in [2.24, 2.45) is 7.05 Å². The predicted molar refractivity (Wildman–Crippen MR) is 79.6 cm³/mol. The number of methoxy groups -OCH3 is 1. The van der Waals surface area contributed by atoms with Crippen LogP contribution in [0.4, 0.5) is 5.69 Å². The third-order valence-corrected chi connectivity index (χ3v) is 3.58. The molecule has 1 amide bonds. The summed E-state index contributed by atoms with van der Waals surface area (Å²) >= 11 is 0. The molecule has 0 aliphatic heterocycles. The van der Waals surface area contributed by atoms with Crippen molar-refractivity contribution in [3.8, 4) is 0 Å². The second kappa shape index (κ2) is 6.00. The molecule has 0 radical (unpaired) electrons. The van der Waals surface area contributed by atoms with Gasteiger partial charge in [0.2, 0.25) is 5.91 Å². The molecule has 0 aliphatic rings. The van der Waals surface area contributed by atoms with Gasteiger partial charge in [0.1, 0.15) is 6.04 Å². The molecule has 1 unspecified atom stereocenters. The van der Waals surface area contributed by atoms with Gasteiger partial charge in [-0.3, -0.25) is 14.2 Å². The highest BCUT2D eigenvalue weighted by molar-refractivity contribution is 6.01. The second-order valence-electron chi connectivity index (χ2n) is 5.01. The molecular formula is C14H19N5O3. The standard InChI is InChI=1S/C14H19N5O3/c1-8-6-7-15-19(8)10(3)13(20)16-11-9(2)18(4)17-12(11)14(21)22-5/h6-7,10H,1-5H3,(H,16,20). The van der Waals surface area contributed by atoms with E-state index in [4.69, 9.17) is 4.74 Å². The molecule has 2 aromatic heterocycles. The Kier molecular flexibility index (Phi) is 4.30. The Hall–Kier alpha value is -2.64. The van der Waals surface area contributed by atoms with E-state index in [1.807, 2.05) is 13.0 Å². The molecule has 0 spiro atoms. The third kappa shape index (κ3) is 2.72. The zero-order valence-corrected chi connectivity index (χ0v) is 13.2. The normalized spacial score (nSPS) is 12.0. The molecule has 0 saturated carbocycles. The number of aryl methyl sites for hydroxylation is 2. The van der Waals surface area contributed by atoms with Gasteiger partial charge in [-0.25, -0.2) is 4.79 Å². The van der Waals surface area contributed by atoms with Crippen molar-refractivity contribution in [1.29, 1.82) is 0 Å². The van der Waals surface area contributed by atoms with Crippen molar-refractivity contribution in [2.45, 2.75) is 26.8 Å². The molecule has 0 saturated heterocycles. The van der Waals surface area contributed by atoms with Crippen LogP contribution in [0.3, 0.4) is 0 Å². The number of carbonyl (C=O) groups excluding carboxylic acids is 2. The molecule has 0 bridgehead atoms. The molecule has 1 atom stereocenters. The number of esters is 1. The lowest BCUT2D eigenvalue weighted by atomic mass is 10.2. The minimum Gasteiger partial charge on any atom is -0.464 e. The fraction of sp³-hybridized carbons (Fsp3) is 0.429. The molecule has 2 aromatic rings. The van der Waals surface area contributed by atoms with Crippen LogP contribution in [0.5, 0.6) is 0 Å². The lowest BCUT2D eigenvalue weighted by Gasteiger charge is -2.14. The van der Waals surface area contributed by atoms with Gasteiger partial charge < -0.3 is 10.1 Å². The highest BCUT2D eigenvalue weighted by atomic mass is 16.5. The van der Waals surface area contributed by atoms with Crippen LogP contribution in [0.15, 0.2) is 12.3 Å². The molecule has 2 heterocycles. The van der Waals surface area contributed by atoms with Gasteiger partial charge in [-0.05, 0) is 26.8 Å². The molecule has 22 heavy (non-hydrogen) atoms. The first-order chi connectivity index (χ1) is 10.4. The highest BCUT2D eigenvalue weighted by Gasteiger charge is 2.25. The van der Waals surface area contributed by atoms with E-state index in [1.165, 1.54) is 11.8 Å². The first kappa shape index (κ1) is 15.7. The third-order valence-electron chi connectivity index (χ3n) is 3.58. The van der Waals surface area contributed by atoms with Crippen LogP contribution in [0.1, 0.15) is 34.8 Å². The van der Waals surface area contributed by atoms with Crippen LogP contribution >= 0.6 is 0 Å². The maximum atomic E-state index is 12.4. The van der Waals surface area contributed by atoms with Crippen molar-refractivity contribution < 1.29 is 14.3 Å². The number of carbonyl (C=O) groups is 2. The van der Waals surface area contributed by atoms with Crippen LogP contribution in [-0.4, -0.2) is 38.5 Å². The average molecular weight is 305 g/mol. The maximum Gasteiger partial charge on any atom is 0.360 e. The van der Waals surface area contributed by atoms with Crippen molar-refractivity contribution in [1.82, 2.24) is 19.6 Å². The van der Waals surface area contributed by atoms with Gasteiger partial charge >= 0.3 is 5.97 Å². The molecule has 8 heteroatoms. The maximum absolute atomic E-state index is 12.4. The molecule has 2 rings (SSSR count). The lowest BCUT2D eigenvalue weighted by molar-refractivity contribution is -0.119. The van der Waals surface area contributed by atoms with E-state index in [2.05, 4.69) is 15.5 Å². The quantitative estimate of drug-likeness (QED) is 0.858. The van der Waals surface area contributed by atoms with Crippen LogP contribution in [0.2, 0.25) is 0 Å². The van der Waals surface area contributed by atoms with E-state index in [0.29, 0.717) is 11.4 Å². The number of nitrogens with zero attached hydrogens (tertiary/aromatic N) is 4. The van der Waals surface area contributed by atoms with Gasteiger partial charge in [-0.15, -0.1) is 0 Å². The van der Waals surface area contributed by atoms with E-state index in [9.17, 15) is 9.59 Å². The summed E-state index contributed by atoms with van der Waals surface area (Å²) in [5, 5.41) is 10.9. The number of anilines is 1. The molecule has 118 valence electrons. The number of hydrogen-bond donors (Lipinski definition) is 1. The summed E-state index contributed by atoms with van der Waals surface area (Å²) in [6, 6.07) is 1.30. The molecule has 0 aromatic carbocycles. The summed E-state index contributed by atoms with van der Waals surface area (Å²) < 4.78 is 7.82. The van der Waals surface area contributed by atoms with Gasteiger partial charge in [0.05, 0.1) is 18.5 Å². The van der Waals surface area contributed by atoms with Gasteiger partial charge in [0.15, 0.2) is 5.69 Å². The number of amides is 1. The molecule has 0 fully saturated rings. The number of aromatic nitrogens is 4. The average Bonchev–Trinajstić information content (AvgIpc) is 3.04. The van der Waals surface area contributed by atoms with Crippen molar-refractivity contribution in [2.75, 3.05) is 12.4 Å². The van der Waals surface area contributed by atoms with Gasteiger partial charge in [-0.2, -0.15) is 10.2 Å². The Morgan fingerprint density at radius 1 is 1.36 bits per heavy atom. The second-order valence-corrected chi connectivity index (χ2v) is 5.01. The fourth-order valence-electron chi connectivity index (χ4n) is 2.12. The smallest absolute Gasteiger partial charge is 0.360 e. The lowest BCUT2D eigenvalue weighted by Crippen LogP contribution is -2.26. The van der Waals surface area contributed by atoms with Gasteiger partial charge in [0.25, 0.3) is 0 Å². The highest BCUT2D eigenvalue weighted by Crippen LogP contribution is 2.22. The van der Waals surface area contributed by atoms with Crippen molar-refractivity contribution >= 4 is 17.6 Å². The van der Waals surface area contributed by atoms with Crippen molar-refractivity contribution in [3.63, 3.8) is 0 Å². The molecule has 8 nitrogen and oxygen atoms in total. The first-order valence-electron chi connectivity index (χ1n) is 6.79. The molecule has 1 N–H and O–H groups in total. The number of ether oxygens (including phenoxy) is 1. The largest absolute Gasteiger partial charge is 0.464 e. The topological polar surface area (TPSA) is 91.0 Å². The molecule has 0 aliphatic carbocycles. The van der Waals surface area contributed by atoms with Gasteiger partial charge in [-0.1, -0.05) is 0 Å². The van der Waals surface area contributed by atoms with E-state index in [-0.39, 0.29) is 11.6 Å². The minimum atomic E-state index is -0.595. The summed E-state index contributed by atoms with van der Waals surface area (Å²) in [7, 11) is 2.96. The first-order valence-corrected chi connectivity index (χ1v) is 6.79. The zero-order valence-electron chi connectivity index (χ0n) is 13.2. The summed E-state index contributed by atoms with van der Waals surface area (Å²) in [5.74, 6) is -0.880. The summed E-state index contributed by atoms with van der Waals surface area (Å²) in [6.45, 7) is 5.36. The minimum absolute atomic E-state index is 0.0836. The van der Waals surface area contributed by atoms with Crippen LogP contribution < -0.4 is 5.32 Å².